The second-order valence-electron chi connectivity index (χ2n) is 4.19. The highest BCUT2D eigenvalue weighted by Crippen LogP contribution is 2.17. The van der Waals surface area contributed by atoms with E-state index in [1.165, 1.54) is 6.92 Å². The molecule has 0 aliphatic rings. The zero-order valence-electron chi connectivity index (χ0n) is 12.3. The Kier molecular flexibility index (Phi) is 7.69. The number of anilines is 1. The van der Waals surface area contributed by atoms with Gasteiger partial charge in [0.05, 0.1) is 6.61 Å². The third-order valence-electron chi connectivity index (χ3n) is 2.48. The lowest BCUT2D eigenvalue weighted by Crippen LogP contribution is -2.20. The molecule has 0 radical (unpaired) electrons. The van der Waals surface area contributed by atoms with Crippen molar-refractivity contribution in [3.8, 4) is 5.75 Å². The molecule has 0 saturated heterocycles. The molecule has 0 fully saturated rings. The summed E-state index contributed by atoms with van der Waals surface area (Å²) in [5.41, 5.74) is 0.723. The molecule has 1 N–H and O–H groups in total. The topological polar surface area (TPSA) is 56.8 Å². The molecule has 1 aromatic rings. The first-order valence-electron chi connectivity index (χ1n) is 6.89. The molecule has 5 nitrogen and oxygen atoms in total. The lowest BCUT2D eigenvalue weighted by Gasteiger charge is -2.17. The van der Waals surface area contributed by atoms with Gasteiger partial charge in [-0.05, 0) is 26.0 Å². The smallest absolute Gasteiger partial charge is 0.221 e. The van der Waals surface area contributed by atoms with E-state index in [0.29, 0.717) is 32.0 Å². The molecule has 0 saturated carbocycles. The third kappa shape index (κ3) is 6.54. The number of ether oxygens (including phenoxy) is 3. The Morgan fingerprint density at radius 2 is 1.95 bits per heavy atom. The second kappa shape index (κ2) is 9.34. The van der Waals surface area contributed by atoms with Crippen LogP contribution in [0.25, 0.3) is 0 Å². The number of benzene rings is 1. The fourth-order valence-corrected chi connectivity index (χ4v) is 1.73. The van der Waals surface area contributed by atoms with Crippen LogP contribution in [0.15, 0.2) is 24.3 Å². The summed E-state index contributed by atoms with van der Waals surface area (Å²) in [6, 6.07) is 7.29. The summed E-state index contributed by atoms with van der Waals surface area (Å²) in [5, 5.41) is 2.72. The van der Waals surface area contributed by atoms with Crippen molar-refractivity contribution in [1.29, 1.82) is 0 Å². The van der Waals surface area contributed by atoms with E-state index >= 15 is 0 Å². The maximum absolute atomic E-state index is 11.0. The molecular weight excluding hydrogens is 258 g/mol. The van der Waals surface area contributed by atoms with Crippen LogP contribution in [0.5, 0.6) is 5.75 Å². The van der Waals surface area contributed by atoms with E-state index in [9.17, 15) is 4.79 Å². The summed E-state index contributed by atoms with van der Waals surface area (Å²) >= 11 is 0. The van der Waals surface area contributed by atoms with Gasteiger partial charge in [0.2, 0.25) is 5.91 Å². The number of carbonyl (C=O) groups excluding carboxylic acids is 1. The molecule has 0 atom stereocenters. The van der Waals surface area contributed by atoms with E-state index in [2.05, 4.69) is 5.32 Å². The van der Waals surface area contributed by atoms with Gasteiger partial charge < -0.3 is 19.5 Å². The van der Waals surface area contributed by atoms with Gasteiger partial charge in [0.25, 0.3) is 0 Å². The van der Waals surface area contributed by atoms with Crippen molar-refractivity contribution in [2.24, 2.45) is 0 Å². The Labute approximate surface area is 120 Å². The predicted molar refractivity (Wildman–Crippen MR) is 77.9 cm³/mol. The summed E-state index contributed by atoms with van der Waals surface area (Å²) < 4.78 is 16.5. The molecular formula is C15H23NO4. The molecule has 0 aromatic heterocycles. The Hall–Kier alpha value is -1.59. The zero-order valence-corrected chi connectivity index (χ0v) is 12.3. The molecule has 1 rings (SSSR count). The molecule has 0 heterocycles. The van der Waals surface area contributed by atoms with E-state index in [4.69, 9.17) is 14.2 Å². The normalized spacial score (nSPS) is 10.6. The number of hydrogen-bond donors (Lipinski definition) is 1. The minimum Gasteiger partial charge on any atom is -0.493 e. The quantitative estimate of drug-likeness (QED) is 0.707. The molecule has 0 unspecified atom stereocenters. The lowest BCUT2D eigenvalue weighted by molar-refractivity contribution is -0.142. The first kappa shape index (κ1) is 16.5. The van der Waals surface area contributed by atoms with Gasteiger partial charge in [0, 0.05) is 38.3 Å². The first-order chi connectivity index (χ1) is 9.65. The van der Waals surface area contributed by atoms with Crippen LogP contribution in [0.4, 0.5) is 5.69 Å². The van der Waals surface area contributed by atoms with Crippen LogP contribution in [0.1, 0.15) is 27.2 Å². The average molecular weight is 281 g/mol. The summed E-state index contributed by atoms with van der Waals surface area (Å²) in [7, 11) is 0. The van der Waals surface area contributed by atoms with Crippen molar-refractivity contribution in [2.75, 3.05) is 25.1 Å². The van der Waals surface area contributed by atoms with E-state index in [0.717, 1.165) is 5.69 Å². The Bertz CT molecular complexity index is 403. The number of rotatable bonds is 9. The van der Waals surface area contributed by atoms with Gasteiger partial charge in [0.15, 0.2) is 6.29 Å². The van der Waals surface area contributed by atoms with Crippen molar-refractivity contribution < 1.29 is 19.0 Å². The lowest BCUT2D eigenvalue weighted by atomic mass is 10.3. The number of nitrogens with one attached hydrogen (secondary N) is 1. The van der Waals surface area contributed by atoms with Gasteiger partial charge in [-0.1, -0.05) is 6.07 Å². The highest BCUT2D eigenvalue weighted by atomic mass is 16.7. The van der Waals surface area contributed by atoms with Crippen LogP contribution in [0.3, 0.4) is 0 Å². The maximum Gasteiger partial charge on any atom is 0.221 e. The van der Waals surface area contributed by atoms with Gasteiger partial charge in [0.1, 0.15) is 5.75 Å². The van der Waals surface area contributed by atoms with Gasteiger partial charge in [-0.2, -0.15) is 0 Å². The Morgan fingerprint density at radius 3 is 2.55 bits per heavy atom. The zero-order chi connectivity index (χ0) is 14.8. The van der Waals surface area contributed by atoms with Crippen molar-refractivity contribution in [1.82, 2.24) is 0 Å². The van der Waals surface area contributed by atoms with Crippen LogP contribution in [0.2, 0.25) is 0 Å². The number of carbonyl (C=O) groups is 1. The molecule has 1 amide bonds. The molecule has 0 spiro atoms. The fraction of sp³-hybridized carbons (Fsp3) is 0.533. The second-order valence-corrected chi connectivity index (χ2v) is 4.19. The molecule has 1 aromatic carbocycles. The van der Waals surface area contributed by atoms with Crippen LogP contribution in [-0.2, 0) is 14.3 Å². The van der Waals surface area contributed by atoms with Crippen LogP contribution >= 0.6 is 0 Å². The van der Waals surface area contributed by atoms with Crippen molar-refractivity contribution in [3.63, 3.8) is 0 Å². The van der Waals surface area contributed by atoms with E-state index < -0.39 is 0 Å². The van der Waals surface area contributed by atoms with Crippen molar-refractivity contribution in [2.45, 2.75) is 33.5 Å². The van der Waals surface area contributed by atoms with Crippen molar-refractivity contribution in [3.05, 3.63) is 24.3 Å². The van der Waals surface area contributed by atoms with Gasteiger partial charge in [-0.15, -0.1) is 0 Å². The van der Waals surface area contributed by atoms with Gasteiger partial charge >= 0.3 is 0 Å². The van der Waals surface area contributed by atoms with Crippen LogP contribution in [-0.4, -0.2) is 32.0 Å². The summed E-state index contributed by atoms with van der Waals surface area (Å²) in [6.07, 6.45) is 0.426. The molecule has 112 valence electrons. The van der Waals surface area contributed by atoms with Crippen molar-refractivity contribution >= 4 is 11.6 Å². The third-order valence-corrected chi connectivity index (χ3v) is 2.48. The summed E-state index contributed by atoms with van der Waals surface area (Å²) in [6.45, 7) is 7.06. The monoisotopic (exact) mass is 281 g/mol. The van der Waals surface area contributed by atoms with Gasteiger partial charge in [-0.25, -0.2) is 0 Å². The Balaban J connectivity index is 2.42. The predicted octanol–water partition coefficient (Wildman–Crippen LogP) is 2.81. The number of hydrogen-bond acceptors (Lipinski definition) is 4. The van der Waals surface area contributed by atoms with E-state index in [1.54, 1.807) is 6.07 Å². The maximum atomic E-state index is 11.0. The summed E-state index contributed by atoms with van der Waals surface area (Å²) in [4.78, 5) is 11.0. The minimum atomic E-state index is -0.233. The molecule has 0 aliphatic heterocycles. The minimum absolute atomic E-state index is 0.102. The standard InChI is InChI=1S/C15H23NO4/c1-4-18-15(19-5-2)9-10-20-14-8-6-7-13(11-14)16-12(3)17/h6-8,11,15H,4-5,9-10H2,1-3H3,(H,16,17). The first-order valence-corrected chi connectivity index (χ1v) is 6.89. The molecule has 5 heteroatoms. The van der Waals surface area contributed by atoms with Crippen LogP contribution in [0, 0.1) is 0 Å². The SMILES string of the molecule is CCOC(CCOc1cccc(NC(C)=O)c1)OCC. The van der Waals surface area contributed by atoms with E-state index in [1.807, 2.05) is 32.0 Å². The average Bonchev–Trinajstić information content (AvgIpc) is 2.39. The number of amides is 1. The van der Waals surface area contributed by atoms with Crippen LogP contribution < -0.4 is 10.1 Å². The highest BCUT2D eigenvalue weighted by Gasteiger charge is 2.08. The molecule has 0 aliphatic carbocycles. The van der Waals surface area contributed by atoms with Gasteiger partial charge in [-0.3, -0.25) is 4.79 Å². The highest BCUT2D eigenvalue weighted by molar-refractivity contribution is 5.88. The largest absolute Gasteiger partial charge is 0.493 e. The molecule has 0 bridgehead atoms. The Morgan fingerprint density at radius 1 is 1.25 bits per heavy atom. The van der Waals surface area contributed by atoms with E-state index in [-0.39, 0.29) is 12.2 Å². The fourth-order valence-electron chi connectivity index (χ4n) is 1.73. The summed E-state index contributed by atoms with van der Waals surface area (Å²) in [5.74, 6) is 0.609. The molecule has 20 heavy (non-hydrogen) atoms.